The summed E-state index contributed by atoms with van der Waals surface area (Å²) in [7, 11) is 0. The molecule has 1 fully saturated rings. The lowest BCUT2D eigenvalue weighted by Crippen LogP contribution is -2.52. The van der Waals surface area contributed by atoms with Crippen molar-refractivity contribution in [2.45, 2.75) is 46.6 Å². The third-order valence-corrected chi connectivity index (χ3v) is 3.88. The van der Waals surface area contributed by atoms with Gasteiger partial charge in [0.1, 0.15) is 5.60 Å². The Morgan fingerprint density at radius 3 is 2.09 bits per heavy atom. The van der Waals surface area contributed by atoms with Gasteiger partial charge in [-0.05, 0) is 41.0 Å². The van der Waals surface area contributed by atoms with E-state index in [0.29, 0.717) is 13.1 Å². The van der Waals surface area contributed by atoms with Crippen molar-refractivity contribution in [3.8, 4) is 0 Å². The second-order valence-corrected chi connectivity index (χ2v) is 6.86. The fourth-order valence-corrected chi connectivity index (χ4v) is 2.73. The standard InChI is InChI=1S/C16H28N2O5/c1-6-17(7-2)13(19)11-8-12(14(20)21)10-18(9-11)15(22)23-16(3,4)5/h11-12H,6-10H2,1-5H3,(H,20,21)/t11-,12+/m1/s1. The minimum absolute atomic E-state index is 0.0757. The second kappa shape index (κ2) is 7.66. The molecule has 1 aliphatic rings. The number of piperidine rings is 1. The number of rotatable bonds is 4. The molecule has 0 aromatic rings. The highest BCUT2D eigenvalue weighted by Gasteiger charge is 2.39. The Balaban J connectivity index is 2.91. The maximum absolute atomic E-state index is 12.5. The van der Waals surface area contributed by atoms with Gasteiger partial charge in [0.25, 0.3) is 0 Å². The van der Waals surface area contributed by atoms with Gasteiger partial charge in [0.15, 0.2) is 0 Å². The van der Waals surface area contributed by atoms with E-state index in [4.69, 9.17) is 4.74 Å². The zero-order valence-electron chi connectivity index (χ0n) is 14.7. The molecule has 0 radical (unpaired) electrons. The van der Waals surface area contributed by atoms with E-state index in [2.05, 4.69) is 0 Å². The molecule has 0 aliphatic carbocycles. The molecule has 0 unspecified atom stereocenters. The van der Waals surface area contributed by atoms with Crippen LogP contribution in [0.1, 0.15) is 41.0 Å². The van der Waals surface area contributed by atoms with Gasteiger partial charge in [-0.1, -0.05) is 0 Å². The number of hydrogen-bond acceptors (Lipinski definition) is 4. The van der Waals surface area contributed by atoms with Crippen LogP contribution in [-0.4, -0.2) is 64.7 Å². The zero-order chi connectivity index (χ0) is 17.8. The molecule has 1 rings (SSSR count). The second-order valence-electron chi connectivity index (χ2n) is 6.86. The van der Waals surface area contributed by atoms with Crippen molar-refractivity contribution in [1.82, 2.24) is 9.80 Å². The molecular weight excluding hydrogens is 300 g/mol. The number of carboxylic acid groups (broad SMARTS) is 1. The van der Waals surface area contributed by atoms with Crippen LogP contribution in [0.5, 0.6) is 0 Å². The van der Waals surface area contributed by atoms with Crippen molar-refractivity contribution in [2.75, 3.05) is 26.2 Å². The van der Waals surface area contributed by atoms with Crippen LogP contribution < -0.4 is 0 Å². The third-order valence-electron chi connectivity index (χ3n) is 3.88. The van der Waals surface area contributed by atoms with E-state index in [1.54, 1.807) is 25.7 Å². The number of amides is 2. The molecule has 0 bridgehead atoms. The molecule has 7 nitrogen and oxygen atoms in total. The highest BCUT2D eigenvalue weighted by molar-refractivity contribution is 5.82. The van der Waals surface area contributed by atoms with E-state index in [1.165, 1.54) is 4.90 Å². The SMILES string of the molecule is CCN(CC)C(=O)[C@@H]1C[C@H](C(=O)O)CN(C(=O)OC(C)(C)C)C1. The molecular formula is C16H28N2O5. The first kappa shape index (κ1) is 19.3. The lowest BCUT2D eigenvalue weighted by atomic mass is 9.88. The van der Waals surface area contributed by atoms with Gasteiger partial charge in [-0.15, -0.1) is 0 Å². The van der Waals surface area contributed by atoms with Gasteiger partial charge >= 0.3 is 12.1 Å². The molecule has 23 heavy (non-hydrogen) atoms. The Labute approximate surface area is 137 Å². The average Bonchev–Trinajstić information content (AvgIpc) is 2.46. The van der Waals surface area contributed by atoms with E-state index < -0.39 is 29.5 Å². The van der Waals surface area contributed by atoms with Crippen LogP contribution in [0.25, 0.3) is 0 Å². The molecule has 1 N–H and O–H groups in total. The molecule has 132 valence electrons. The molecule has 1 aliphatic heterocycles. The molecule has 0 aromatic carbocycles. The van der Waals surface area contributed by atoms with Gasteiger partial charge in [0, 0.05) is 26.2 Å². The largest absolute Gasteiger partial charge is 0.481 e. The summed E-state index contributed by atoms with van der Waals surface area (Å²) in [5.74, 6) is -2.34. The fraction of sp³-hybridized carbons (Fsp3) is 0.812. The van der Waals surface area contributed by atoms with Crippen LogP contribution in [0.4, 0.5) is 4.79 Å². The average molecular weight is 328 g/mol. The Morgan fingerprint density at radius 1 is 1.13 bits per heavy atom. The van der Waals surface area contributed by atoms with Gasteiger partial charge in [0.05, 0.1) is 11.8 Å². The van der Waals surface area contributed by atoms with Gasteiger partial charge in [-0.3, -0.25) is 9.59 Å². The molecule has 1 heterocycles. The monoisotopic (exact) mass is 328 g/mol. The highest BCUT2D eigenvalue weighted by atomic mass is 16.6. The minimum Gasteiger partial charge on any atom is -0.481 e. The van der Waals surface area contributed by atoms with Gasteiger partial charge in [-0.25, -0.2) is 4.79 Å². The van der Waals surface area contributed by atoms with Crippen LogP contribution in [0, 0.1) is 11.8 Å². The summed E-state index contributed by atoms with van der Waals surface area (Å²) in [6.45, 7) is 10.4. The molecule has 2 atom stereocenters. The number of hydrogen-bond donors (Lipinski definition) is 1. The number of carbonyl (C=O) groups excluding carboxylic acids is 2. The van der Waals surface area contributed by atoms with E-state index in [0.717, 1.165) is 0 Å². The molecule has 1 saturated heterocycles. The molecule has 0 aromatic heterocycles. The highest BCUT2D eigenvalue weighted by Crippen LogP contribution is 2.25. The summed E-state index contributed by atoms with van der Waals surface area (Å²) in [5, 5.41) is 9.32. The molecule has 0 saturated carbocycles. The van der Waals surface area contributed by atoms with Crippen LogP contribution in [-0.2, 0) is 14.3 Å². The molecule has 2 amide bonds. The van der Waals surface area contributed by atoms with Crippen molar-refractivity contribution < 1.29 is 24.2 Å². The maximum Gasteiger partial charge on any atom is 0.410 e. The fourth-order valence-electron chi connectivity index (χ4n) is 2.73. The van der Waals surface area contributed by atoms with Crippen molar-refractivity contribution >= 4 is 18.0 Å². The molecule has 7 heteroatoms. The number of ether oxygens (including phenoxy) is 1. The summed E-state index contributed by atoms with van der Waals surface area (Å²) in [6.07, 6.45) is -0.315. The van der Waals surface area contributed by atoms with Crippen LogP contribution in [0.15, 0.2) is 0 Å². The normalized spacial score (nSPS) is 21.7. The van der Waals surface area contributed by atoms with Gasteiger partial charge in [-0.2, -0.15) is 0 Å². The Morgan fingerprint density at radius 2 is 1.65 bits per heavy atom. The number of carbonyl (C=O) groups is 3. The smallest absolute Gasteiger partial charge is 0.410 e. The minimum atomic E-state index is -0.990. The predicted molar refractivity (Wildman–Crippen MR) is 85.0 cm³/mol. The lowest BCUT2D eigenvalue weighted by molar-refractivity contribution is -0.146. The zero-order valence-corrected chi connectivity index (χ0v) is 14.7. The van der Waals surface area contributed by atoms with E-state index in [1.807, 2.05) is 13.8 Å². The van der Waals surface area contributed by atoms with E-state index in [9.17, 15) is 19.5 Å². The van der Waals surface area contributed by atoms with E-state index >= 15 is 0 Å². The van der Waals surface area contributed by atoms with Crippen LogP contribution in [0.3, 0.4) is 0 Å². The van der Waals surface area contributed by atoms with Gasteiger partial charge < -0.3 is 19.6 Å². The maximum atomic E-state index is 12.5. The van der Waals surface area contributed by atoms with Crippen molar-refractivity contribution in [2.24, 2.45) is 11.8 Å². The van der Waals surface area contributed by atoms with Gasteiger partial charge in [0.2, 0.25) is 5.91 Å². The third kappa shape index (κ3) is 5.41. The molecule has 0 spiro atoms. The Bertz CT molecular complexity index is 454. The number of likely N-dealkylation sites (tertiary alicyclic amines) is 1. The number of nitrogens with zero attached hydrogens (tertiary/aromatic N) is 2. The summed E-state index contributed by atoms with van der Waals surface area (Å²) < 4.78 is 5.32. The van der Waals surface area contributed by atoms with Crippen LogP contribution in [0.2, 0.25) is 0 Å². The first-order valence-electron chi connectivity index (χ1n) is 8.08. The topological polar surface area (TPSA) is 87.2 Å². The predicted octanol–water partition coefficient (Wildman–Crippen LogP) is 1.81. The first-order valence-corrected chi connectivity index (χ1v) is 8.08. The summed E-state index contributed by atoms with van der Waals surface area (Å²) in [4.78, 5) is 39.2. The number of aliphatic carboxylic acids is 1. The lowest BCUT2D eigenvalue weighted by Gasteiger charge is -2.37. The van der Waals surface area contributed by atoms with E-state index in [-0.39, 0.29) is 25.4 Å². The summed E-state index contributed by atoms with van der Waals surface area (Å²) in [6, 6.07) is 0. The number of carboxylic acids is 1. The van der Waals surface area contributed by atoms with Crippen molar-refractivity contribution in [3.63, 3.8) is 0 Å². The van der Waals surface area contributed by atoms with Crippen LogP contribution >= 0.6 is 0 Å². The van der Waals surface area contributed by atoms with Crippen molar-refractivity contribution in [3.05, 3.63) is 0 Å². The summed E-state index contributed by atoms with van der Waals surface area (Å²) in [5.41, 5.74) is -0.661. The Hall–Kier alpha value is -1.79. The Kier molecular flexibility index (Phi) is 6.41. The first-order chi connectivity index (χ1) is 10.6. The quantitative estimate of drug-likeness (QED) is 0.850. The summed E-state index contributed by atoms with van der Waals surface area (Å²) >= 11 is 0. The van der Waals surface area contributed by atoms with Crippen molar-refractivity contribution in [1.29, 1.82) is 0 Å².